The number of hydrogen-bond acceptors (Lipinski definition) is 2. The number of hydrogen-bond donors (Lipinski definition) is 0. The predicted octanol–water partition coefficient (Wildman–Crippen LogP) is 5.18. The summed E-state index contributed by atoms with van der Waals surface area (Å²) in [4.78, 5) is 7.03. The van der Waals surface area contributed by atoms with E-state index in [2.05, 4.69) is 85.7 Å². The molecule has 2 aromatic carbocycles. The van der Waals surface area contributed by atoms with Gasteiger partial charge in [0.2, 0.25) is 0 Å². The first-order valence-corrected chi connectivity index (χ1v) is 9.65. The number of nitrogens with zero attached hydrogens (tertiary/aromatic N) is 2. The van der Waals surface area contributed by atoms with E-state index in [0.717, 1.165) is 25.1 Å². The molecule has 0 fully saturated rings. The Labute approximate surface area is 162 Å². The number of allylic oxidation sites excluding steroid dienone is 1. The second-order valence-corrected chi connectivity index (χ2v) is 7.50. The van der Waals surface area contributed by atoms with Crippen LogP contribution < -0.4 is 0 Å². The Morgan fingerprint density at radius 2 is 1.63 bits per heavy atom. The fraction of sp³-hybridized carbons (Fsp3) is 0.240. The molecule has 1 aromatic heterocycles. The van der Waals surface area contributed by atoms with E-state index in [1.807, 2.05) is 12.3 Å². The Hall–Kier alpha value is -2.71. The van der Waals surface area contributed by atoms with Crippen molar-refractivity contribution in [1.29, 1.82) is 0 Å². The van der Waals surface area contributed by atoms with Crippen LogP contribution in [0.5, 0.6) is 0 Å². The second kappa shape index (κ2) is 7.89. The largest absolute Gasteiger partial charge is 0.309 e. The molecule has 0 amide bonds. The fourth-order valence-corrected chi connectivity index (χ4v) is 4.07. The lowest BCUT2D eigenvalue weighted by molar-refractivity contribution is 0.412. The molecule has 1 unspecified atom stereocenters. The van der Waals surface area contributed by atoms with Gasteiger partial charge in [0.15, 0.2) is 0 Å². The molecule has 3 aromatic rings. The Morgan fingerprint density at radius 1 is 0.889 bits per heavy atom. The molecule has 0 aliphatic heterocycles. The zero-order chi connectivity index (χ0) is 18.6. The molecule has 0 spiro atoms. The maximum Gasteiger partial charge on any atom is 0.0522 e. The quantitative estimate of drug-likeness (QED) is 0.607. The van der Waals surface area contributed by atoms with Crippen LogP contribution in [0.15, 0.2) is 84.6 Å². The van der Waals surface area contributed by atoms with Crippen molar-refractivity contribution >= 4 is 5.57 Å². The van der Waals surface area contributed by atoms with E-state index in [9.17, 15) is 0 Å². The standard InChI is InChI=1S/C25H26N2/c1-27(2)17-15-21-18-20-12-6-7-13-22(20)24(21)25(19-10-4-3-5-11-19)23-14-8-9-16-26-23/h3-14,16,25H,15,17-18H2,1-2H3. The van der Waals surface area contributed by atoms with Gasteiger partial charge in [-0.2, -0.15) is 0 Å². The maximum atomic E-state index is 4.76. The summed E-state index contributed by atoms with van der Waals surface area (Å²) in [6, 6.07) is 25.9. The van der Waals surface area contributed by atoms with E-state index in [1.54, 1.807) is 5.57 Å². The van der Waals surface area contributed by atoms with Crippen molar-refractivity contribution in [2.75, 3.05) is 20.6 Å². The molecule has 4 rings (SSSR count). The van der Waals surface area contributed by atoms with Crippen LogP contribution in [0, 0.1) is 0 Å². The molecule has 0 radical (unpaired) electrons. The van der Waals surface area contributed by atoms with E-state index in [-0.39, 0.29) is 5.92 Å². The number of aromatic nitrogens is 1. The number of rotatable bonds is 6. The summed E-state index contributed by atoms with van der Waals surface area (Å²) in [5.74, 6) is 0.174. The number of benzene rings is 2. The van der Waals surface area contributed by atoms with Crippen molar-refractivity contribution in [2.24, 2.45) is 0 Å². The van der Waals surface area contributed by atoms with Crippen LogP contribution in [0.3, 0.4) is 0 Å². The van der Waals surface area contributed by atoms with Crippen molar-refractivity contribution in [2.45, 2.75) is 18.8 Å². The van der Waals surface area contributed by atoms with Gasteiger partial charge in [0.25, 0.3) is 0 Å². The van der Waals surface area contributed by atoms with Crippen LogP contribution in [0.4, 0.5) is 0 Å². The average Bonchev–Trinajstić information content (AvgIpc) is 3.07. The molecule has 1 heterocycles. The molecule has 1 atom stereocenters. The highest BCUT2D eigenvalue weighted by Gasteiger charge is 2.30. The molecule has 27 heavy (non-hydrogen) atoms. The smallest absolute Gasteiger partial charge is 0.0522 e. The molecule has 1 aliphatic carbocycles. The highest BCUT2D eigenvalue weighted by Crippen LogP contribution is 2.45. The lowest BCUT2D eigenvalue weighted by Gasteiger charge is -2.22. The highest BCUT2D eigenvalue weighted by molar-refractivity contribution is 5.82. The van der Waals surface area contributed by atoms with Crippen LogP contribution in [0.2, 0.25) is 0 Å². The zero-order valence-corrected chi connectivity index (χ0v) is 16.1. The van der Waals surface area contributed by atoms with Crippen LogP contribution in [0.1, 0.15) is 34.7 Å². The summed E-state index contributed by atoms with van der Waals surface area (Å²) in [6.45, 7) is 1.07. The summed E-state index contributed by atoms with van der Waals surface area (Å²) in [5, 5.41) is 0. The molecule has 2 heteroatoms. The van der Waals surface area contributed by atoms with Crippen molar-refractivity contribution in [3.05, 3.63) is 107 Å². The van der Waals surface area contributed by atoms with E-state index < -0.39 is 0 Å². The van der Waals surface area contributed by atoms with Crippen molar-refractivity contribution in [1.82, 2.24) is 9.88 Å². The van der Waals surface area contributed by atoms with Crippen LogP contribution in [0.25, 0.3) is 5.57 Å². The van der Waals surface area contributed by atoms with Crippen molar-refractivity contribution < 1.29 is 0 Å². The molecular formula is C25H26N2. The number of fused-ring (bicyclic) bond motifs is 1. The van der Waals surface area contributed by atoms with Gasteiger partial charge in [-0.25, -0.2) is 0 Å². The first kappa shape index (κ1) is 17.7. The Morgan fingerprint density at radius 3 is 2.37 bits per heavy atom. The molecule has 0 bridgehead atoms. The highest BCUT2D eigenvalue weighted by atomic mass is 15.0. The lowest BCUT2D eigenvalue weighted by Crippen LogP contribution is -2.14. The van der Waals surface area contributed by atoms with E-state index >= 15 is 0 Å². The van der Waals surface area contributed by atoms with Crippen molar-refractivity contribution in [3.8, 4) is 0 Å². The topological polar surface area (TPSA) is 16.1 Å². The van der Waals surface area contributed by atoms with Crippen LogP contribution >= 0.6 is 0 Å². The average molecular weight is 354 g/mol. The van der Waals surface area contributed by atoms with E-state index in [4.69, 9.17) is 4.98 Å². The summed E-state index contributed by atoms with van der Waals surface area (Å²) in [6.07, 6.45) is 4.05. The van der Waals surface area contributed by atoms with Crippen LogP contribution in [-0.2, 0) is 6.42 Å². The normalized spacial score (nSPS) is 14.5. The summed E-state index contributed by atoms with van der Waals surface area (Å²) < 4.78 is 0. The SMILES string of the molecule is CN(C)CCC1=C(C(c2ccccc2)c2ccccn2)c2ccccc2C1. The monoisotopic (exact) mass is 354 g/mol. The molecule has 1 aliphatic rings. The van der Waals surface area contributed by atoms with Crippen LogP contribution in [-0.4, -0.2) is 30.5 Å². The predicted molar refractivity (Wildman–Crippen MR) is 113 cm³/mol. The zero-order valence-electron chi connectivity index (χ0n) is 16.1. The van der Waals surface area contributed by atoms with Crippen molar-refractivity contribution in [3.63, 3.8) is 0 Å². The lowest BCUT2D eigenvalue weighted by atomic mass is 9.83. The third-order valence-electron chi connectivity index (χ3n) is 5.36. The fourth-order valence-electron chi connectivity index (χ4n) is 4.07. The molecule has 0 saturated heterocycles. The van der Waals surface area contributed by atoms with Gasteiger partial charge in [0, 0.05) is 12.7 Å². The van der Waals surface area contributed by atoms with Gasteiger partial charge in [-0.15, -0.1) is 0 Å². The maximum absolute atomic E-state index is 4.76. The van der Waals surface area contributed by atoms with E-state index in [1.165, 1.54) is 22.3 Å². The van der Waals surface area contributed by atoms with Gasteiger partial charge < -0.3 is 4.90 Å². The minimum absolute atomic E-state index is 0.174. The first-order chi connectivity index (χ1) is 13.2. The minimum atomic E-state index is 0.174. The summed E-state index contributed by atoms with van der Waals surface area (Å²) >= 11 is 0. The van der Waals surface area contributed by atoms with Gasteiger partial charge in [-0.3, -0.25) is 4.98 Å². The minimum Gasteiger partial charge on any atom is -0.309 e. The van der Waals surface area contributed by atoms with Gasteiger partial charge in [-0.05, 0) is 61.3 Å². The molecule has 136 valence electrons. The third kappa shape index (κ3) is 3.72. The molecule has 0 N–H and O–H groups in total. The molecule has 0 saturated carbocycles. The Kier molecular flexibility index (Phi) is 5.17. The molecular weight excluding hydrogens is 328 g/mol. The Bertz CT molecular complexity index is 887. The number of pyridine rings is 1. The first-order valence-electron chi connectivity index (χ1n) is 9.65. The second-order valence-electron chi connectivity index (χ2n) is 7.50. The van der Waals surface area contributed by atoms with E-state index in [0.29, 0.717) is 0 Å². The van der Waals surface area contributed by atoms with Gasteiger partial charge in [0.1, 0.15) is 0 Å². The summed E-state index contributed by atoms with van der Waals surface area (Å²) in [5.41, 5.74) is 8.27. The van der Waals surface area contributed by atoms with Gasteiger partial charge in [-0.1, -0.05) is 66.2 Å². The van der Waals surface area contributed by atoms with Gasteiger partial charge in [0.05, 0.1) is 11.6 Å². The third-order valence-corrected chi connectivity index (χ3v) is 5.36. The van der Waals surface area contributed by atoms with Gasteiger partial charge >= 0.3 is 0 Å². The Balaban J connectivity index is 1.88. The summed E-state index contributed by atoms with van der Waals surface area (Å²) in [7, 11) is 4.30. The molecule has 2 nitrogen and oxygen atoms in total.